The molecule has 0 radical (unpaired) electrons. The molecule has 0 bridgehead atoms. The first-order valence-corrected chi connectivity index (χ1v) is 19.0. The number of pyridine rings is 2. The SMILES string of the molecule is CC(C)(C)OC(=O)N[C@H](CCc1ccccc1)C(=O)CN=C(N)c1ccccn1.CC(C)(C)OC(=O)N[C@H](CCc1ccccc1)C1=NC(c2ccccn2)=NC1. The van der Waals surface area contributed by atoms with E-state index in [2.05, 4.69) is 47.7 Å². The number of ether oxygens (including phenoxy) is 2. The molecular weight excluding hydrogens is 721 g/mol. The van der Waals surface area contributed by atoms with Crippen LogP contribution in [0, 0.1) is 0 Å². The van der Waals surface area contributed by atoms with Crippen LogP contribution in [0.4, 0.5) is 9.59 Å². The predicted octanol–water partition coefficient (Wildman–Crippen LogP) is 6.69. The van der Waals surface area contributed by atoms with E-state index in [4.69, 9.17) is 15.2 Å². The van der Waals surface area contributed by atoms with Crippen molar-refractivity contribution in [2.24, 2.45) is 20.7 Å². The van der Waals surface area contributed by atoms with E-state index in [0.29, 0.717) is 37.3 Å². The van der Waals surface area contributed by atoms with Gasteiger partial charge in [0.25, 0.3) is 0 Å². The van der Waals surface area contributed by atoms with E-state index in [-0.39, 0.29) is 24.2 Å². The topological polar surface area (TPSA) is 183 Å². The Labute approximate surface area is 335 Å². The molecule has 2 amide bonds. The van der Waals surface area contributed by atoms with Gasteiger partial charge < -0.3 is 25.8 Å². The van der Waals surface area contributed by atoms with Gasteiger partial charge >= 0.3 is 12.2 Å². The fraction of sp³-hybridized carbons (Fsp3) is 0.364. The van der Waals surface area contributed by atoms with E-state index in [9.17, 15) is 14.4 Å². The molecule has 13 heteroatoms. The summed E-state index contributed by atoms with van der Waals surface area (Å²) in [6.45, 7) is 11.1. The van der Waals surface area contributed by atoms with Gasteiger partial charge in [-0.2, -0.15) is 0 Å². The standard InChI is InChI=1S/C22H28N4O3.C22H26N4O2/c1-22(2,3)29-21(28)26-17(13-12-16-9-5-4-6-10-16)19(27)15-25-20(23)18-11-7-8-14-24-18;1-22(2,3)28-21(27)26-17(13-12-16-9-5-4-6-10-16)19-15-24-20(25-19)18-11-7-8-14-23-18/h4-11,14,17H,12-13,15H2,1-3H3,(H2,23,25)(H,26,28);4-11,14,17H,12-13,15H2,1-3H3,(H,26,27)/t2*17-/m11/s1. The van der Waals surface area contributed by atoms with Crippen LogP contribution >= 0.6 is 0 Å². The normalized spacial score (nSPS) is 13.8. The Hall–Kier alpha value is -6.24. The van der Waals surface area contributed by atoms with Gasteiger partial charge in [-0.25, -0.2) is 14.6 Å². The number of alkyl carbamates (subject to hydrolysis) is 2. The molecule has 2 atom stereocenters. The number of benzene rings is 2. The fourth-order valence-electron chi connectivity index (χ4n) is 5.50. The molecule has 4 N–H and O–H groups in total. The second-order valence-corrected chi connectivity index (χ2v) is 15.3. The van der Waals surface area contributed by atoms with Gasteiger partial charge in [0.1, 0.15) is 35.0 Å². The zero-order valence-electron chi connectivity index (χ0n) is 33.6. The van der Waals surface area contributed by atoms with E-state index >= 15 is 0 Å². The molecule has 0 fully saturated rings. The minimum Gasteiger partial charge on any atom is -0.444 e. The summed E-state index contributed by atoms with van der Waals surface area (Å²) in [6.07, 6.45) is 4.84. The zero-order chi connectivity index (χ0) is 41.3. The van der Waals surface area contributed by atoms with Crippen molar-refractivity contribution in [3.05, 3.63) is 132 Å². The summed E-state index contributed by atoms with van der Waals surface area (Å²) in [5.41, 5.74) is 9.05. The Morgan fingerprint density at radius 1 is 0.719 bits per heavy atom. The summed E-state index contributed by atoms with van der Waals surface area (Å²) in [5, 5.41) is 5.64. The van der Waals surface area contributed by atoms with Crippen LogP contribution in [0.25, 0.3) is 0 Å². The lowest BCUT2D eigenvalue weighted by Gasteiger charge is -2.23. The minimum absolute atomic E-state index is 0.155. The second kappa shape index (κ2) is 21.2. The lowest BCUT2D eigenvalue weighted by Crippen LogP contribution is -2.44. The van der Waals surface area contributed by atoms with Crippen molar-refractivity contribution in [2.45, 2.75) is 90.5 Å². The van der Waals surface area contributed by atoms with E-state index in [1.54, 1.807) is 51.4 Å². The van der Waals surface area contributed by atoms with Gasteiger partial charge in [-0.3, -0.25) is 24.7 Å². The highest BCUT2D eigenvalue weighted by Crippen LogP contribution is 2.15. The number of amides is 2. The molecule has 5 rings (SSSR count). The summed E-state index contributed by atoms with van der Waals surface area (Å²) in [5.74, 6) is 0.537. The molecule has 57 heavy (non-hydrogen) atoms. The van der Waals surface area contributed by atoms with Gasteiger partial charge in [-0.1, -0.05) is 72.8 Å². The number of hydrogen-bond acceptors (Lipinski definition) is 10. The predicted molar refractivity (Wildman–Crippen MR) is 224 cm³/mol. The van der Waals surface area contributed by atoms with Crippen LogP contribution in [-0.4, -0.2) is 81.7 Å². The number of carbonyl (C=O) groups excluding carboxylic acids is 3. The highest BCUT2D eigenvalue weighted by atomic mass is 16.6. The van der Waals surface area contributed by atoms with Crippen molar-refractivity contribution in [1.82, 2.24) is 20.6 Å². The van der Waals surface area contributed by atoms with E-state index < -0.39 is 29.4 Å². The molecule has 3 heterocycles. The molecule has 0 aliphatic carbocycles. The Balaban J connectivity index is 0.000000253. The van der Waals surface area contributed by atoms with Crippen LogP contribution in [0.1, 0.15) is 76.9 Å². The molecule has 0 saturated carbocycles. The summed E-state index contributed by atoms with van der Waals surface area (Å²) in [7, 11) is 0. The molecule has 1 aliphatic heterocycles. The third-order valence-electron chi connectivity index (χ3n) is 8.17. The molecule has 2 aromatic heterocycles. The number of rotatable bonds is 14. The Morgan fingerprint density at radius 3 is 1.81 bits per heavy atom. The first-order valence-electron chi connectivity index (χ1n) is 19.0. The van der Waals surface area contributed by atoms with Crippen molar-refractivity contribution in [1.29, 1.82) is 0 Å². The van der Waals surface area contributed by atoms with E-state index in [1.807, 2.05) is 87.5 Å². The summed E-state index contributed by atoms with van der Waals surface area (Å²) in [4.78, 5) is 59.0. The van der Waals surface area contributed by atoms with Crippen LogP contribution in [0.2, 0.25) is 0 Å². The van der Waals surface area contributed by atoms with Crippen LogP contribution in [0.5, 0.6) is 0 Å². The van der Waals surface area contributed by atoms with Gasteiger partial charge in [0.15, 0.2) is 11.6 Å². The highest BCUT2D eigenvalue weighted by molar-refractivity contribution is 6.12. The number of aromatic nitrogens is 2. The first kappa shape index (κ1) is 43.5. The molecular formula is C44H54N8O5. The van der Waals surface area contributed by atoms with Crippen molar-refractivity contribution in [2.75, 3.05) is 13.1 Å². The lowest BCUT2D eigenvalue weighted by molar-refractivity contribution is -0.119. The van der Waals surface area contributed by atoms with Crippen LogP contribution in [0.3, 0.4) is 0 Å². The minimum atomic E-state index is -0.731. The number of aryl methyl sites for hydroxylation is 2. The van der Waals surface area contributed by atoms with Gasteiger partial charge in [0.05, 0.1) is 24.3 Å². The van der Waals surface area contributed by atoms with Gasteiger partial charge in [-0.05, 0) is 103 Å². The maximum Gasteiger partial charge on any atom is 0.408 e. The van der Waals surface area contributed by atoms with E-state index in [0.717, 1.165) is 23.4 Å². The fourth-order valence-corrected chi connectivity index (χ4v) is 5.50. The molecule has 300 valence electrons. The molecule has 0 saturated heterocycles. The quantitative estimate of drug-likeness (QED) is 0.0935. The monoisotopic (exact) mass is 774 g/mol. The number of aliphatic imine (C=N–C) groups is 3. The average molecular weight is 775 g/mol. The van der Waals surface area contributed by atoms with Gasteiger partial charge in [-0.15, -0.1) is 0 Å². The summed E-state index contributed by atoms with van der Waals surface area (Å²) < 4.78 is 10.7. The summed E-state index contributed by atoms with van der Waals surface area (Å²) >= 11 is 0. The Kier molecular flexibility index (Phi) is 16.1. The molecule has 2 aromatic carbocycles. The smallest absolute Gasteiger partial charge is 0.408 e. The number of hydrogen-bond donors (Lipinski definition) is 3. The summed E-state index contributed by atoms with van der Waals surface area (Å²) in [6, 6.07) is 29.9. The lowest BCUT2D eigenvalue weighted by atomic mass is 10.0. The third-order valence-corrected chi connectivity index (χ3v) is 8.17. The van der Waals surface area contributed by atoms with Crippen LogP contribution < -0.4 is 16.4 Å². The van der Waals surface area contributed by atoms with Crippen molar-refractivity contribution in [3.8, 4) is 0 Å². The van der Waals surface area contributed by atoms with Crippen LogP contribution in [-0.2, 0) is 27.1 Å². The number of ketones is 1. The number of Topliss-reactive ketones (excluding diaryl/α,β-unsaturated/α-hetero) is 1. The van der Waals surface area contributed by atoms with Gasteiger partial charge in [0.2, 0.25) is 0 Å². The maximum atomic E-state index is 12.7. The number of nitrogens with two attached hydrogens (primary N) is 1. The molecule has 0 spiro atoms. The molecule has 1 aliphatic rings. The Bertz CT molecular complexity index is 1980. The van der Waals surface area contributed by atoms with Crippen molar-refractivity contribution >= 4 is 35.4 Å². The third kappa shape index (κ3) is 16.2. The van der Waals surface area contributed by atoms with Crippen LogP contribution in [0.15, 0.2) is 124 Å². The number of nitrogens with one attached hydrogen (secondary N) is 2. The Morgan fingerprint density at radius 2 is 1.26 bits per heavy atom. The average Bonchev–Trinajstić information content (AvgIpc) is 3.68. The number of amidine groups is 2. The zero-order valence-corrected chi connectivity index (χ0v) is 33.6. The maximum absolute atomic E-state index is 12.7. The van der Waals surface area contributed by atoms with Crippen molar-refractivity contribution < 1.29 is 23.9 Å². The second-order valence-electron chi connectivity index (χ2n) is 15.3. The number of carbonyl (C=O) groups is 3. The number of nitrogens with zero attached hydrogens (tertiary/aromatic N) is 5. The van der Waals surface area contributed by atoms with Crippen molar-refractivity contribution in [3.63, 3.8) is 0 Å². The first-order chi connectivity index (χ1) is 27.1. The van der Waals surface area contributed by atoms with Gasteiger partial charge in [0, 0.05) is 12.4 Å². The molecule has 13 nitrogen and oxygen atoms in total. The molecule has 0 unspecified atom stereocenters. The van der Waals surface area contributed by atoms with E-state index in [1.165, 1.54) is 5.56 Å². The largest absolute Gasteiger partial charge is 0.444 e. The molecule has 4 aromatic rings. The highest BCUT2D eigenvalue weighted by Gasteiger charge is 2.27.